The van der Waals surface area contributed by atoms with Gasteiger partial charge in [0.25, 0.3) is 0 Å². The van der Waals surface area contributed by atoms with E-state index in [2.05, 4.69) is 48.5 Å². The zero-order chi connectivity index (χ0) is 73.0. The van der Waals surface area contributed by atoms with Crippen LogP contribution >= 0.6 is 15.6 Å². The summed E-state index contributed by atoms with van der Waals surface area (Å²) < 4.78 is 68.6. The lowest BCUT2D eigenvalue weighted by Gasteiger charge is -2.21. The summed E-state index contributed by atoms with van der Waals surface area (Å²) in [5.41, 5.74) is 0. The van der Waals surface area contributed by atoms with Crippen molar-refractivity contribution in [3.63, 3.8) is 0 Å². The maximum Gasteiger partial charge on any atom is 0.472 e. The number of esters is 4. The van der Waals surface area contributed by atoms with Crippen LogP contribution in [-0.2, 0) is 65.4 Å². The topological polar surface area (TPSA) is 237 Å². The number of carbonyl (C=O) groups excluding carboxylic acids is 4. The first-order valence-electron chi connectivity index (χ1n) is 41.4. The summed E-state index contributed by atoms with van der Waals surface area (Å²) in [6.45, 7) is 11.8. The van der Waals surface area contributed by atoms with Crippen LogP contribution in [-0.4, -0.2) is 96.7 Å². The number of aliphatic hydroxyl groups excluding tert-OH is 1. The summed E-state index contributed by atoms with van der Waals surface area (Å²) in [4.78, 5) is 72.9. The van der Waals surface area contributed by atoms with Crippen LogP contribution in [0.2, 0.25) is 0 Å². The molecule has 0 spiro atoms. The molecule has 0 aromatic rings. The molecule has 3 unspecified atom stereocenters. The largest absolute Gasteiger partial charge is 0.472 e. The molecule has 17 nitrogen and oxygen atoms in total. The van der Waals surface area contributed by atoms with Crippen molar-refractivity contribution in [3.05, 3.63) is 0 Å². The van der Waals surface area contributed by atoms with E-state index < -0.39 is 97.5 Å². The molecule has 0 aromatic heterocycles. The first-order valence-corrected chi connectivity index (χ1v) is 44.4. The summed E-state index contributed by atoms with van der Waals surface area (Å²) >= 11 is 0. The van der Waals surface area contributed by atoms with E-state index in [0.717, 1.165) is 108 Å². The SMILES string of the molecule is CCCCCCCCCCCCCCCCCCCCCCCC(=O)O[C@H](COC(=O)CCCCCCCCCCCCCCCCCC(C)C)COP(=O)(O)OC[C@@H](O)COP(=O)(O)OC[C@@H](COC(=O)CCCCCCCCC(C)CC)OC(=O)CCCCCCCCCC(C)C. The molecule has 0 saturated carbocycles. The number of unbranched alkanes of at least 4 members (excludes halogenated alkanes) is 45. The Balaban J connectivity index is 5.20. The number of aliphatic hydroxyl groups is 1. The molecular formula is C80H156O17P2. The lowest BCUT2D eigenvalue weighted by atomic mass is 10.00. The molecule has 0 aliphatic carbocycles. The molecule has 0 radical (unpaired) electrons. The van der Waals surface area contributed by atoms with Crippen molar-refractivity contribution >= 4 is 39.5 Å². The summed E-state index contributed by atoms with van der Waals surface area (Å²) in [7, 11) is -9.92. The van der Waals surface area contributed by atoms with Crippen LogP contribution in [0.1, 0.15) is 414 Å². The lowest BCUT2D eigenvalue weighted by Crippen LogP contribution is -2.30. The fraction of sp³-hybridized carbons (Fsp3) is 0.950. The van der Waals surface area contributed by atoms with Gasteiger partial charge in [-0.15, -0.1) is 0 Å². The van der Waals surface area contributed by atoms with Crippen molar-refractivity contribution in [3.8, 4) is 0 Å². The van der Waals surface area contributed by atoms with Gasteiger partial charge in [0.15, 0.2) is 12.2 Å². The van der Waals surface area contributed by atoms with Gasteiger partial charge in [0, 0.05) is 25.7 Å². The van der Waals surface area contributed by atoms with Crippen LogP contribution in [0.3, 0.4) is 0 Å². The second-order valence-electron chi connectivity index (χ2n) is 30.0. The van der Waals surface area contributed by atoms with Gasteiger partial charge in [-0.05, 0) is 43.4 Å². The standard InChI is InChI=1S/C80H156O17P2/c1-8-10-11-12-13-14-15-16-17-18-19-20-21-22-25-29-32-35-40-49-56-63-79(84)96-75(67-90-77(82)61-54-47-39-34-31-28-26-23-24-27-30-33-37-44-51-58-71(3)4)69-94-98(86,87)92-65-74(81)66-93-99(88,89)95-70-76(97-80(85)64-57-50-41-36-38-45-52-59-72(5)6)68-91-78(83)62-55-48-43-42-46-53-60-73(7)9-2/h71-76,81H,8-70H2,1-7H3,(H,86,87)(H,88,89)/t73?,74-,75-,76-/m1/s1. The van der Waals surface area contributed by atoms with E-state index in [1.54, 1.807) is 0 Å². The van der Waals surface area contributed by atoms with Crippen LogP contribution in [0.25, 0.3) is 0 Å². The zero-order valence-corrected chi connectivity index (χ0v) is 66.8. The monoisotopic (exact) mass is 1450 g/mol. The molecule has 0 heterocycles. The van der Waals surface area contributed by atoms with Crippen LogP contribution in [0.4, 0.5) is 0 Å². The van der Waals surface area contributed by atoms with Crippen molar-refractivity contribution in [2.45, 2.75) is 433 Å². The predicted octanol–water partition coefficient (Wildman–Crippen LogP) is 23.7. The molecule has 19 heteroatoms. The van der Waals surface area contributed by atoms with Gasteiger partial charge in [0.2, 0.25) is 0 Å². The molecule has 3 N–H and O–H groups in total. The highest BCUT2D eigenvalue weighted by molar-refractivity contribution is 7.47. The van der Waals surface area contributed by atoms with Crippen molar-refractivity contribution in [1.82, 2.24) is 0 Å². The fourth-order valence-electron chi connectivity index (χ4n) is 12.3. The molecule has 0 rings (SSSR count). The normalized spacial score (nSPS) is 14.3. The third-order valence-corrected chi connectivity index (χ3v) is 20.9. The Bertz CT molecular complexity index is 1920. The second-order valence-corrected chi connectivity index (χ2v) is 32.9. The minimum Gasteiger partial charge on any atom is -0.462 e. The zero-order valence-electron chi connectivity index (χ0n) is 65.0. The summed E-state index contributed by atoms with van der Waals surface area (Å²) in [5.74, 6) is 0.115. The minimum absolute atomic E-state index is 0.103. The minimum atomic E-state index is -4.96. The number of phosphoric ester groups is 2. The average molecular weight is 1450 g/mol. The van der Waals surface area contributed by atoms with Gasteiger partial charge in [0.05, 0.1) is 26.4 Å². The second kappa shape index (κ2) is 70.4. The molecule has 0 fully saturated rings. The van der Waals surface area contributed by atoms with Crippen LogP contribution in [0.5, 0.6) is 0 Å². The number of hydrogen-bond acceptors (Lipinski definition) is 15. The Morgan fingerprint density at radius 2 is 0.515 bits per heavy atom. The predicted molar refractivity (Wildman–Crippen MR) is 405 cm³/mol. The Morgan fingerprint density at radius 1 is 0.293 bits per heavy atom. The van der Waals surface area contributed by atoms with Gasteiger partial charge in [-0.2, -0.15) is 0 Å². The maximum atomic E-state index is 13.1. The number of rotatable bonds is 78. The van der Waals surface area contributed by atoms with E-state index in [0.29, 0.717) is 31.6 Å². The van der Waals surface area contributed by atoms with Crippen LogP contribution < -0.4 is 0 Å². The highest BCUT2D eigenvalue weighted by atomic mass is 31.2. The highest BCUT2D eigenvalue weighted by Crippen LogP contribution is 2.45. The number of phosphoric acid groups is 2. The quantitative estimate of drug-likeness (QED) is 0.0222. The van der Waals surface area contributed by atoms with Gasteiger partial charge in [-0.3, -0.25) is 37.3 Å². The molecule has 0 aliphatic rings. The molecule has 6 atom stereocenters. The summed E-state index contributed by atoms with van der Waals surface area (Å²) in [6, 6.07) is 0. The maximum absolute atomic E-state index is 13.1. The molecule has 0 aromatic carbocycles. The van der Waals surface area contributed by atoms with Gasteiger partial charge in [-0.1, -0.05) is 363 Å². The van der Waals surface area contributed by atoms with Gasteiger partial charge in [-0.25, -0.2) is 9.13 Å². The van der Waals surface area contributed by atoms with E-state index in [4.69, 9.17) is 37.0 Å². The Hall–Kier alpha value is -1.94. The summed E-state index contributed by atoms with van der Waals surface area (Å²) in [6.07, 6.45) is 58.6. The van der Waals surface area contributed by atoms with Crippen molar-refractivity contribution in [2.24, 2.45) is 17.8 Å². The molecule has 0 aliphatic heterocycles. The van der Waals surface area contributed by atoms with Crippen molar-refractivity contribution < 1.29 is 80.2 Å². The number of hydrogen-bond donors (Lipinski definition) is 3. The Morgan fingerprint density at radius 3 is 0.768 bits per heavy atom. The summed E-state index contributed by atoms with van der Waals surface area (Å²) in [5, 5.41) is 10.6. The number of ether oxygens (including phenoxy) is 4. The molecular weight excluding hydrogens is 1290 g/mol. The fourth-order valence-corrected chi connectivity index (χ4v) is 13.9. The first-order chi connectivity index (χ1) is 47.8. The highest BCUT2D eigenvalue weighted by Gasteiger charge is 2.30. The van der Waals surface area contributed by atoms with Crippen molar-refractivity contribution in [2.75, 3.05) is 39.6 Å². The van der Waals surface area contributed by atoms with Gasteiger partial charge < -0.3 is 33.8 Å². The van der Waals surface area contributed by atoms with E-state index >= 15 is 0 Å². The van der Waals surface area contributed by atoms with Gasteiger partial charge >= 0.3 is 39.5 Å². The molecule has 0 saturated heterocycles. The van der Waals surface area contributed by atoms with E-state index in [-0.39, 0.29) is 25.7 Å². The van der Waals surface area contributed by atoms with Gasteiger partial charge in [0.1, 0.15) is 19.3 Å². The third-order valence-electron chi connectivity index (χ3n) is 19.0. The molecule has 588 valence electrons. The molecule has 0 amide bonds. The molecule has 99 heavy (non-hydrogen) atoms. The van der Waals surface area contributed by atoms with Crippen LogP contribution in [0.15, 0.2) is 0 Å². The number of carbonyl (C=O) groups is 4. The molecule has 0 bridgehead atoms. The average Bonchev–Trinajstić information content (AvgIpc) is 0.983. The first kappa shape index (κ1) is 97.1. The van der Waals surface area contributed by atoms with Crippen LogP contribution in [0, 0.1) is 17.8 Å². The van der Waals surface area contributed by atoms with E-state index in [9.17, 15) is 43.2 Å². The Labute approximate surface area is 607 Å². The van der Waals surface area contributed by atoms with E-state index in [1.165, 1.54) is 218 Å². The van der Waals surface area contributed by atoms with E-state index in [1.807, 2.05) is 0 Å². The third kappa shape index (κ3) is 72.8. The smallest absolute Gasteiger partial charge is 0.462 e. The Kier molecular flexibility index (Phi) is 69.0. The lowest BCUT2D eigenvalue weighted by molar-refractivity contribution is -0.161. The van der Waals surface area contributed by atoms with Crippen molar-refractivity contribution in [1.29, 1.82) is 0 Å².